The fraction of sp³-hybridized carbons (Fsp3) is 0.833. The van der Waals surface area contributed by atoms with Crippen molar-refractivity contribution in [2.75, 3.05) is 7.11 Å². The quantitative estimate of drug-likeness (QED) is 0.499. The molecule has 0 rings (SSSR count). The van der Waals surface area contributed by atoms with Gasteiger partial charge in [0.25, 0.3) is 0 Å². The zero-order chi connectivity index (χ0) is 14.3. The van der Waals surface area contributed by atoms with Crippen molar-refractivity contribution < 1.29 is 17.1 Å². The number of ether oxygens (including phenoxy) is 1. The van der Waals surface area contributed by atoms with Crippen LogP contribution in [0.1, 0.15) is 38.3 Å². The lowest BCUT2D eigenvalue weighted by atomic mass is 10.2. The van der Waals surface area contributed by atoms with Gasteiger partial charge < -0.3 is 4.74 Å². The Kier molecular flexibility index (Phi) is 1.83. The van der Waals surface area contributed by atoms with E-state index in [-0.39, 0.29) is 12.4 Å². The van der Waals surface area contributed by atoms with E-state index in [1.807, 2.05) is 0 Å². The predicted octanol–water partition coefficient (Wildman–Crippen LogP) is 2.22. The third-order valence-corrected chi connectivity index (χ3v) is 0.443. The molecule has 0 aliphatic rings. The average molecular weight is 161 g/mol. The van der Waals surface area contributed by atoms with Gasteiger partial charge in [-0.25, -0.2) is 0 Å². The molecule has 0 radical (unpaired) electrons. The highest BCUT2D eigenvalue weighted by atomic mass is 35.5. The van der Waals surface area contributed by atoms with Gasteiger partial charge >= 0.3 is 0 Å². The summed E-state index contributed by atoms with van der Waals surface area (Å²) in [5.41, 5.74) is 0. The number of methoxy groups -OCH3 is 1. The Balaban J connectivity index is 0. The van der Waals surface area contributed by atoms with Gasteiger partial charge in [0, 0.05) is 18.7 Å². The summed E-state index contributed by atoms with van der Waals surface area (Å²) >= 11 is 0. The summed E-state index contributed by atoms with van der Waals surface area (Å²) in [7, 11) is 0.918. The molecule has 0 saturated heterocycles. The van der Waals surface area contributed by atoms with Crippen LogP contribution in [-0.4, -0.2) is 13.0 Å². The molecule has 3 heteroatoms. The molecule has 0 heterocycles. The summed E-state index contributed by atoms with van der Waals surface area (Å²) in [6.45, 7) is -3.36. The molecule has 0 aliphatic carbocycles. The maximum atomic E-state index is 7.36. The molecule has 0 aromatic carbocycles. The number of halogens is 1. The van der Waals surface area contributed by atoms with E-state index in [0.717, 1.165) is 7.11 Å². The Bertz CT molecular complexity index is 313. The van der Waals surface area contributed by atoms with E-state index in [0.29, 0.717) is 0 Å². The highest BCUT2D eigenvalue weighted by molar-refractivity contribution is 5.85. The van der Waals surface area contributed by atoms with Gasteiger partial charge in [-0.2, -0.15) is 0 Å². The van der Waals surface area contributed by atoms with Crippen molar-refractivity contribution in [1.82, 2.24) is 0 Å². The second-order valence-corrected chi connectivity index (χ2v) is 0.908. The van der Waals surface area contributed by atoms with Crippen molar-refractivity contribution >= 4 is 18.3 Å². The van der Waals surface area contributed by atoms with Crippen LogP contribution in [0.4, 0.5) is 0 Å². The van der Waals surface area contributed by atoms with Gasteiger partial charge in [-0.1, -0.05) is 13.2 Å². The maximum Gasteiger partial charge on any atom is 0.180 e. The van der Waals surface area contributed by atoms with E-state index in [2.05, 4.69) is 4.74 Å². The van der Waals surface area contributed by atoms with Crippen LogP contribution < -0.4 is 0 Å². The highest BCUT2D eigenvalue weighted by Gasteiger charge is 1.90. The highest BCUT2D eigenvalue weighted by Crippen LogP contribution is 1.94. The molecule has 2 nitrogen and oxygen atoms in total. The lowest BCUT2D eigenvalue weighted by Gasteiger charge is -1.97. The first-order chi connectivity index (χ1) is 7.23. The van der Waals surface area contributed by atoms with Crippen molar-refractivity contribution in [1.29, 1.82) is 5.41 Å². The maximum absolute atomic E-state index is 7.36. The lowest BCUT2D eigenvalue weighted by Crippen LogP contribution is -1.97. The van der Waals surface area contributed by atoms with Crippen LogP contribution in [0.5, 0.6) is 0 Å². The average Bonchev–Trinajstić information content (AvgIpc) is 2.13. The molecule has 0 atom stereocenters. The van der Waals surface area contributed by atoms with Crippen molar-refractivity contribution in [3.8, 4) is 0 Å². The second-order valence-electron chi connectivity index (χ2n) is 0.908. The fourth-order valence-electron chi connectivity index (χ4n) is 0.139. The number of rotatable bonds is 3. The lowest BCUT2D eigenvalue weighted by molar-refractivity contribution is 0.384. The SMILES string of the molecule is Cl.[2H]C([2H])([2H])C([2H])([2H])C([2H])([2H])C([2H])([2H])C(=N)OC. The van der Waals surface area contributed by atoms with Crippen LogP contribution in [-0.2, 0) is 4.74 Å². The first-order valence-electron chi connectivity index (χ1n) is 6.36. The molecule has 1 N–H and O–H groups in total. The van der Waals surface area contributed by atoms with E-state index < -0.39 is 31.9 Å². The van der Waals surface area contributed by atoms with E-state index in [1.165, 1.54) is 0 Å². The van der Waals surface area contributed by atoms with Gasteiger partial charge in [0.2, 0.25) is 0 Å². The zero-order valence-electron chi connectivity index (χ0n) is 13.8. The molecule has 0 aliphatic heterocycles. The molecule has 0 fully saturated rings. The summed E-state index contributed by atoms with van der Waals surface area (Å²) in [6, 6.07) is 0. The third-order valence-electron chi connectivity index (χ3n) is 0.443. The zero-order valence-corrected chi connectivity index (χ0v) is 5.63. The van der Waals surface area contributed by atoms with Gasteiger partial charge in [0.15, 0.2) is 5.90 Å². The summed E-state index contributed by atoms with van der Waals surface area (Å²) in [4.78, 5) is 0. The first kappa shape index (κ1) is 2.12. The smallest absolute Gasteiger partial charge is 0.180 e. The first-order valence-corrected chi connectivity index (χ1v) is 1.86. The normalized spacial score (nSPS) is 28.8. The summed E-state index contributed by atoms with van der Waals surface area (Å²) in [5.74, 6) is -1.17. The van der Waals surface area contributed by atoms with E-state index in [1.54, 1.807) is 0 Å². The molecule has 0 unspecified atom stereocenters. The minimum absolute atomic E-state index is 0. The Morgan fingerprint density at radius 1 is 1.89 bits per heavy atom. The second kappa shape index (κ2) is 7.76. The molecule has 0 bridgehead atoms. The largest absolute Gasteiger partial charge is 0.484 e. The van der Waals surface area contributed by atoms with Gasteiger partial charge in [-0.3, -0.25) is 5.41 Å². The van der Waals surface area contributed by atoms with Crippen LogP contribution >= 0.6 is 12.4 Å². The number of hydrogen-bond acceptors (Lipinski definition) is 2. The van der Waals surface area contributed by atoms with E-state index >= 15 is 0 Å². The minimum atomic E-state index is -3.46. The molecule has 0 saturated carbocycles. The van der Waals surface area contributed by atoms with Crippen LogP contribution in [0, 0.1) is 5.41 Å². The van der Waals surface area contributed by atoms with Crippen LogP contribution in [0.3, 0.4) is 0 Å². The standard InChI is InChI=1S/C6H13NO.ClH/c1-3-4-5-6(7)8-2;/h7H,3-5H2,1-2H3;1H/i1D3,3D2,4D2,5D2;. The molecular weight excluding hydrogens is 138 g/mol. The van der Waals surface area contributed by atoms with Gasteiger partial charge in [0.05, 0.1) is 7.11 Å². The molecule has 0 spiro atoms. The third kappa shape index (κ3) is 7.76. The number of nitrogens with one attached hydrogen (secondary N) is 1. The molecule has 56 valence electrons. The van der Waals surface area contributed by atoms with E-state index in [4.69, 9.17) is 17.7 Å². The van der Waals surface area contributed by atoms with E-state index in [9.17, 15) is 0 Å². The van der Waals surface area contributed by atoms with Crippen LogP contribution in [0.25, 0.3) is 0 Å². The molecular formula is C6H14ClNO. The molecule has 9 heavy (non-hydrogen) atoms. The Hall–Kier alpha value is -0.240. The Morgan fingerprint density at radius 2 is 2.56 bits per heavy atom. The monoisotopic (exact) mass is 160 g/mol. The van der Waals surface area contributed by atoms with Crippen LogP contribution in [0.2, 0.25) is 0 Å². The Labute approximate surface area is 75.2 Å². The molecule has 0 aromatic rings. The topological polar surface area (TPSA) is 33.1 Å². The van der Waals surface area contributed by atoms with Crippen molar-refractivity contribution in [2.45, 2.75) is 26.0 Å². The summed E-state index contributed by atoms with van der Waals surface area (Å²) in [5, 5.41) is 7.09. The van der Waals surface area contributed by atoms with Gasteiger partial charge in [-0.05, 0) is 6.37 Å². The van der Waals surface area contributed by atoms with Crippen LogP contribution in [0.15, 0.2) is 0 Å². The predicted molar refractivity (Wildman–Crippen MR) is 41.5 cm³/mol. The van der Waals surface area contributed by atoms with Crippen molar-refractivity contribution in [3.63, 3.8) is 0 Å². The number of hydrogen-bond donors (Lipinski definition) is 1. The van der Waals surface area contributed by atoms with Gasteiger partial charge in [-0.15, -0.1) is 12.4 Å². The minimum Gasteiger partial charge on any atom is -0.484 e. The van der Waals surface area contributed by atoms with Crippen molar-refractivity contribution in [3.05, 3.63) is 0 Å². The fourth-order valence-corrected chi connectivity index (χ4v) is 0.139. The van der Waals surface area contributed by atoms with Gasteiger partial charge in [0.1, 0.15) is 0 Å². The summed E-state index contributed by atoms with van der Waals surface area (Å²) < 4.78 is 68.8. The summed E-state index contributed by atoms with van der Waals surface area (Å²) in [6.07, 6.45) is -10.1. The molecule has 0 amide bonds. The van der Waals surface area contributed by atoms with Crippen molar-refractivity contribution in [2.24, 2.45) is 0 Å². The Morgan fingerprint density at radius 3 is 3.00 bits per heavy atom. The molecule has 0 aromatic heterocycles.